The van der Waals surface area contributed by atoms with Crippen LogP contribution in [0.25, 0.3) is 11.3 Å². The van der Waals surface area contributed by atoms with Crippen molar-refractivity contribution in [1.82, 2.24) is 15.3 Å². The van der Waals surface area contributed by atoms with Gasteiger partial charge in [-0.2, -0.15) is 0 Å². The molecule has 0 radical (unpaired) electrons. The van der Waals surface area contributed by atoms with Crippen LogP contribution in [0.1, 0.15) is 28.4 Å². The highest BCUT2D eigenvalue weighted by Crippen LogP contribution is 2.29. The summed E-state index contributed by atoms with van der Waals surface area (Å²) in [4.78, 5) is 24.2. The average Bonchev–Trinajstić information content (AvgIpc) is 2.99. The van der Waals surface area contributed by atoms with E-state index < -0.39 is 0 Å². The number of rotatable bonds is 12. The van der Waals surface area contributed by atoms with Gasteiger partial charge in [-0.15, -0.1) is 0 Å². The summed E-state index contributed by atoms with van der Waals surface area (Å²) in [5.74, 6) is 2.88. The van der Waals surface area contributed by atoms with E-state index in [2.05, 4.69) is 28.4 Å². The third-order valence-corrected chi connectivity index (χ3v) is 7.15. The van der Waals surface area contributed by atoms with Crippen LogP contribution in [0.3, 0.4) is 0 Å². The summed E-state index contributed by atoms with van der Waals surface area (Å²) in [7, 11) is 5.33. The van der Waals surface area contributed by atoms with E-state index in [0.717, 1.165) is 52.7 Å². The summed E-state index contributed by atoms with van der Waals surface area (Å²) < 4.78 is 10.8. The Balaban J connectivity index is 1.53. The zero-order valence-corrected chi connectivity index (χ0v) is 23.6. The molecule has 0 unspecified atom stereocenters. The van der Waals surface area contributed by atoms with E-state index in [-0.39, 0.29) is 5.91 Å². The van der Waals surface area contributed by atoms with Crippen LogP contribution in [0.5, 0.6) is 11.5 Å². The second-order valence-corrected chi connectivity index (χ2v) is 9.91. The molecule has 8 heteroatoms. The molecule has 3 aromatic carbocycles. The summed E-state index contributed by atoms with van der Waals surface area (Å²) in [5.41, 5.74) is 4.76. The van der Waals surface area contributed by atoms with Crippen LogP contribution in [0.2, 0.25) is 0 Å². The minimum atomic E-state index is -0.0648. The highest BCUT2D eigenvalue weighted by molar-refractivity contribution is 7.98. The van der Waals surface area contributed by atoms with Crippen molar-refractivity contribution >= 4 is 23.5 Å². The zero-order valence-electron chi connectivity index (χ0n) is 22.8. The standard InChI is InChI=1S/C31H34N4O3S/c1-5-32-30(36)25-13-9-10-23(18-25)21-39-31-33-26(24-11-7-6-8-12-24)20-29(34-31)35(2)17-16-22-14-15-27(37-3)28(19-22)38-4/h6-15,18-20H,5,16-17,21H2,1-4H3,(H,32,36). The van der Waals surface area contributed by atoms with Crippen LogP contribution < -0.4 is 19.7 Å². The summed E-state index contributed by atoms with van der Waals surface area (Å²) in [6.07, 6.45) is 0.816. The number of aromatic nitrogens is 2. The lowest BCUT2D eigenvalue weighted by atomic mass is 10.1. The third-order valence-electron chi connectivity index (χ3n) is 6.23. The van der Waals surface area contributed by atoms with Gasteiger partial charge in [-0.1, -0.05) is 60.3 Å². The maximum absolute atomic E-state index is 12.3. The van der Waals surface area contributed by atoms with E-state index in [0.29, 0.717) is 23.0 Å². The average molecular weight is 543 g/mol. The molecule has 39 heavy (non-hydrogen) atoms. The van der Waals surface area contributed by atoms with Gasteiger partial charge in [-0.3, -0.25) is 4.79 Å². The minimum Gasteiger partial charge on any atom is -0.493 e. The molecule has 202 valence electrons. The second kappa shape index (κ2) is 13.7. The summed E-state index contributed by atoms with van der Waals surface area (Å²) in [6.45, 7) is 3.27. The second-order valence-electron chi connectivity index (χ2n) is 8.97. The van der Waals surface area contributed by atoms with Crippen LogP contribution in [-0.4, -0.2) is 50.2 Å². The first-order valence-electron chi connectivity index (χ1n) is 12.9. The fourth-order valence-corrected chi connectivity index (χ4v) is 4.89. The first-order valence-corrected chi connectivity index (χ1v) is 13.9. The normalized spacial score (nSPS) is 10.7. The van der Waals surface area contributed by atoms with Gasteiger partial charge in [0.2, 0.25) is 0 Å². The molecule has 7 nitrogen and oxygen atoms in total. The van der Waals surface area contributed by atoms with Gasteiger partial charge >= 0.3 is 0 Å². The molecular weight excluding hydrogens is 508 g/mol. The number of carbonyl (C=O) groups excluding carboxylic acids is 1. The van der Waals surface area contributed by atoms with Crippen LogP contribution in [0.4, 0.5) is 5.82 Å². The van der Waals surface area contributed by atoms with Crippen molar-refractivity contribution in [3.05, 3.63) is 95.6 Å². The molecule has 0 aliphatic heterocycles. The molecule has 0 atom stereocenters. The van der Waals surface area contributed by atoms with Gasteiger partial charge in [0.1, 0.15) is 5.82 Å². The summed E-state index contributed by atoms with van der Waals surface area (Å²) in [5, 5.41) is 3.54. The van der Waals surface area contributed by atoms with Crippen LogP contribution in [-0.2, 0) is 12.2 Å². The van der Waals surface area contributed by atoms with E-state index in [1.807, 2.05) is 74.6 Å². The van der Waals surface area contributed by atoms with E-state index in [9.17, 15) is 4.79 Å². The van der Waals surface area contributed by atoms with E-state index in [1.54, 1.807) is 26.0 Å². The van der Waals surface area contributed by atoms with Crippen molar-refractivity contribution in [2.24, 2.45) is 0 Å². The number of ether oxygens (including phenoxy) is 2. The lowest BCUT2D eigenvalue weighted by Crippen LogP contribution is -2.22. The molecule has 1 N–H and O–H groups in total. The molecule has 0 fully saturated rings. The Morgan fingerprint density at radius 2 is 1.69 bits per heavy atom. The Kier molecular flexibility index (Phi) is 9.80. The highest BCUT2D eigenvalue weighted by Gasteiger charge is 2.13. The molecule has 1 amide bonds. The maximum Gasteiger partial charge on any atom is 0.251 e. The minimum absolute atomic E-state index is 0.0648. The van der Waals surface area contributed by atoms with Crippen molar-refractivity contribution in [3.63, 3.8) is 0 Å². The molecular formula is C31H34N4O3S. The molecule has 0 saturated heterocycles. The zero-order chi connectivity index (χ0) is 27.6. The largest absolute Gasteiger partial charge is 0.493 e. The van der Waals surface area contributed by atoms with Gasteiger partial charge in [-0.05, 0) is 48.7 Å². The van der Waals surface area contributed by atoms with Gasteiger partial charge < -0.3 is 19.7 Å². The number of nitrogens with zero attached hydrogens (tertiary/aromatic N) is 3. The monoisotopic (exact) mass is 542 g/mol. The topological polar surface area (TPSA) is 76.6 Å². The third kappa shape index (κ3) is 7.51. The van der Waals surface area contributed by atoms with E-state index >= 15 is 0 Å². The number of carbonyl (C=O) groups is 1. The first kappa shape index (κ1) is 28.0. The van der Waals surface area contributed by atoms with Crippen LogP contribution in [0, 0.1) is 0 Å². The molecule has 0 saturated carbocycles. The Labute approximate surface area is 234 Å². The Morgan fingerprint density at radius 1 is 0.897 bits per heavy atom. The van der Waals surface area contributed by atoms with Crippen LogP contribution >= 0.6 is 11.8 Å². The Bertz CT molecular complexity index is 1400. The van der Waals surface area contributed by atoms with Gasteiger partial charge in [0, 0.05) is 43.1 Å². The lowest BCUT2D eigenvalue weighted by molar-refractivity contribution is 0.0955. The fourth-order valence-electron chi connectivity index (χ4n) is 4.09. The number of anilines is 1. The van der Waals surface area contributed by atoms with Crippen molar-refractivity contribution < 1.29 is 14.3 Å². The van der Waals surface area contributed by atoms with Crippen LogP contribution in [0.15, 0.2) is 84.0 Å². The van der Waals surface area contributed by atoms with Gasteiger partial charge in [0.05, 0.1) is 19.9 Å². The van der Waals surface area contributed by atoms with Crippen molar-refractivity contribution in [3.8, 4) is 22.8 Å². The molecule has 4 rings (SSSR count). The number of thioether (sulfide) groups is 1. The SMILES string of the molecule is CCNC(=O)c1cccc(CSc2nc(-c3ccccc3)cc(N(C)CCc3ccc(OC)c(OC)c3)n2)c1. The quantitative estimate of drug-likeness (QED) is 0.177. The van der Waals surface area contributed by atoms with Gasteiger partial charge in [0.25, 0.3) is 5.91 Å². The Morgan fingerprint density at radius 3 is 2.44 bits per heavy atom. The Hall–Kier alpha value is -4.04. The van der Waals surface area contributed by atoms with Crippen molar-refractivity contribution in [2.45, 2.75) is 24.3 Å². The number of amides is 1. The maximum atomic E-state index is 12.3. The fraction of sp³-hybridized carbons (Fsp3) is 0.258. The van der Waals surface area contributed by atoms with Gasteiger partial charge in [0.15, 0.2) is 16.7 Å². The molecule has 0 aliphatic rings. The highest BCUT2D eigenvalue weighted by atomic mass is 32.2. The summed E-state index contributed by atoms with van der Waals surface area (Å²) >= 11 is 1.56. The predicted octanol–water partition coefficient (Wildman–Crippen LogP) is 5.88. The number of hydrogen-bond acceptors (Lipinski definition) is 7. The number of benzene rings is 3. The number of nitrogens with one attached hydrogen (secondary N) is 1. The predicted molar refractivity (Wildman–Crippen MR) is 158 cm³/mol. The van der Waals surface area contributed by atoms with E-state index in [1.165, 1.54) is 0 Å². The van der Waals surface area contributed by atoms with Crippen molar-refractivity contribution in [1.29, 1.82) is 0 Å². The smallest absolute Gasteiger partial charge is 0.251 e. The molecule has 1 aromatic heterocycles. The first-order chi connectivity index (χ1) is 19.0. The molecule has 0 aliphatic carbocycles. The van der Waals surface area contributed by atoms with Crippen molar-refractivity contribution in [2.75, 3.05) is 39.3 Å². The number of methoxy groups -OCH3 is 2. The van der Waals surface area contributed by atoms with Gasteiger partial charge in [-0.25, -0.2) is 9.97 Å². The molecule has 4 aromatic rings. The molecule has 1 heterocycles. The number of hydrogen-bond donors (Lipinski definition) is 1. The molecule has 0 spiro atoms. The summed E-state index contributed by atoms with van der Waals surface area (Å²) in [6, 6.07) is 25.9. The number of likely N-dealkylation sites (N-methyl/N-ethyl adjacent to an activating group) is 1. The lowest BCUT2D eigenvalue weighted by Gasteiger charge is -2.20. The van der Waals surface area contributed by atoms with E-state index in [4.69, 9.17) is 19.4 Å². The molecule has 0 bridgehead atoms.